The van der Waals surface area contributed by atoms with Gasteiger partial charge in [-0.3, -0.25) is 4.79 Å². The zero-order valence-electron chi connectivity index (χ0n) is 10.8. The minimum absolute atomic E-state index is 0.182. The highest BCUT2D eigenvalue weighted by Crippen LogP contribution is 2.40. The molecule has 3 atom stereocenters. The van der Waals surface area contributed by atoms with Crippen molar-refractivity contribution in [2.75, 3.05) is 13.7 Å². The lowest BCUT2D eigenvalue weighted by molar-refractivity contribution is -0.150. The van der Waals surface area contributed by atoms with E-state index in [2.05, 4.69) is 0 Å². The van der Waals surface area contributed by atoms with Gasteiger partial charge in [-0.05, 0) is 25.7 Å². The molecule has 6 heteroatoms. The van der Waals surface area contributed by atoms with Crippen molar-refractivity contribution in [2.24, 2.45) is 11.7 Å². The summed E-state index contributed by atoms with van der Waals surface area (Å²) in [4.78, 5) is 25.0. The first kappa shape index (κ1) is 13.3. The van der Waals surface area contributed by atoms with Crippen LogP contribution in [-0.4, -0.2) is 53.2 Å². The zero-order chi connectivity index (χ0) is 13.5. The maximum Gasteiger partial charge on any atom is 0.326 e. The summed E-state index contributed by atoms with van der Waals surface area (Å²) in [7, 11) is 1.53. The molecule has 6 nitrogen and oxygen atoms in total. The van der Waals surface area contributed by atoms with E-state index in [0.29, 0.717) is 13.0 Å². The van der Waals surface area contributed by atoms with Crippen molar-refractivity contribution in [1.29, 1.82) is 0 Å². The van der Waals surface area contributed by atoms with E-state index < -0.39 is 17.6 Å². The summed E-state index contributed by atoms with van der Waals surface area (Å²) in [6.07, 6.45) is 2.00. The molecule has 0 aromatic heterocycles. The summed E-state index contributed by atoms with van der Waals surface area (Å²) in [6.45, 7) is 2.01. The second-order valence-corrected chi connectivity index (χ2v) is 5.46. The van der Waals surface area contributed by atoms with E-state index in [-0.39, 0.29) is 17.9 Å². The minimum Gasteiger partial charge on any atom is -0.480 e. The molecule has 1 aliphatic heterocycles. The third-order valence-electron chi connectivity index (χ3n) is 4.03. The number of hydrogen-bond acceptors (Lipinski definition) is 4. The highest BCUT2D eigenvalue weighted by Gasteiger charge is 2.50. The zero-order valence-corrected chi connectivity index (χ0v) is 10.8. The van der Waals surface area contributed by atoms with Gasteiger partial charge in [-0.25, -0.2) is 4.79 Å². The smallest absolute Gasteiger partial charge is 0.326 e. The van der Waals surface area contributed by atoms with Crippen LogP contribution in [0.4, 0.5) is 0 Å². The predicted octanol–water partition coefficient (Wildman–Crippen LogP) is -0.186. The van der Waals surface area contributed by atoms with Crippen molar-refractivity contribution in [1.82, 2.24) is 4.90 Å². The average Bonchev–Trinajstić information content (AvgIpc) is 3.08. The molecular weight excluding hydrogens is 236 g/mol. The van der Waals surface area contributed by atoms with Gasteiger partial charge in [0.1, 0.15) is 6.04 Å². The summed E-state index contributed by atoms with van der Waals surface area (Å²) in [5, 5.41) is 9.18. The highest BCUT2D eigenvalue weighted by molar-refractivity contribution is 5.91. The van der Waals surface area contributed by atoms with Gasteiger partial charge < -0.3 is 20.5 Å². The molecule has 2 rings (SSSR count). The van der Waals surface area contributed by atoms with E-state index in [1.807, 2.05) is 0 Å². The lowest BCUT2D eigenvalue weighted by Gasteiger charge is -2.31. The van der Waals surface area contributed by atoms with Crippen LogP contribution >= 0.6 is 0 Å². The van der Waals surface area contributed by atoms with Crippen LogP contribution in [0.1, 0.15) is 26.2 Å². The van der Waals surface area contributed by atoms with Crippen LogP contribution in [0.5, 0.6) is 0 Å². The number of nitrogens with zero attached hydrogens (tertiary/aromatic N) is 1. The minimum atomic E-state index is -0.991. The second kappa shape index (κ2) is 4.51. The molecule has 3 N–H and O–H groups in total. The number of carboxylic acids is 1. The normalized spacial score (nSPS) is 31.2. The summed E-state index contributed by atoms with van der Waals surface area (Å²) in [5.74, 6) is -1.08. The van der Waals surface area contributed by atoms with Gasteiger partial charge in [0.2, 0.25) is 5.91 Å². The largest absolute Gasteiger partial charge is 0.480 e. The topological polar surface area (TPSA) is 92.9 Å². The lowest BCUT2D eigenvalue weighted by Crippen LogP contribution is -2.57. The Bertz CT molecular complexity index is 365. The molecule has 1 heterocycles. The number of amides is 1. The van der Waals surface area contributed by atoms with E-state index in [1.165, 1.54) is 12.0 Å². The van der Waals surface area contributed by atoms with Crippen LogP contribution < -0.4 is 5.73 Å². The molecule has 0 radical (unpaired) electrons. The van der Waals surface area contributed by atoms with Gasteiger partial charge in [0.15, 0.2) is 0 Å². The third kappa shape index (κ3) is 2.22. The van der Waals surface area contributed by atoms with Crippen molar-refractivity contribution in [2.45, 2.75) is 43.9 Å². The van der Waals surface area contributed by atoms with Crippen LogP contribution in [0.25, 0.3) is 0 Å². The Balaban J connectivity index is 2.14. The molecule has 0 bridgehead atoms. The Morgan fingerprint density at radius 3 is 2.50 bits per heavy atom. The Hall–Kier alpha value is -1.14. The summed E-state index contributed by atoms with van der Waals surface area (Å²) in [6, 6.07) is -0.816. The molecule has 102 valence electrons. The molecule has 1 saturated heterocycles. The predicted molar refractivity (Wildman–Crippen MR) is 63.9 cm³/mol. The van der Waals surface area contributed by atoms with Gasteiger partial charge in [0.05, 0.1) is 11.6 Å². The SMILES string of the molecule is COC1CC(C(=O)O)N(C(=O)C(C)(N)C2CC2)C1. The van der Waals surface area contributed by atoms with Crippen molar-refractivity contribution in [3.8, 4) is 0 Å². The van der Waals surface area contributed by atoms with Crippen LogP contribution in [-0.2, 0) is 14.3 Å². The quantitative estimate of drug-likeness (QED) is 0.727. The van der Waals surface area contributed by atoms with E-state index in [4.69, 9.17) is 10.5 Å². The fraction of sp³-hybridized carbons (Fsp3) is 0.833. The fourth-order valence-corrected chi connectivity index (χ4v) is 2.59. The third-order valence-corrected chi connectivity index (χ3v) is 4.03. The molecule has 2 fully saturated rings. The maximum atomic E-state index is 12.4. The maximum absolute atomic E-state index is 12.4. The van der Waals surface area contributed by atoms with Crippen LogP contribution in [0, 0.1) is 5.92 Å². The molecule has 1 saturated carbocycles. The van der Waals surface area contributed by atoms with Crippen LogP contribution in [0.15, 0.2) is 0 Å². The molecule has 0 spiro atoms. The Kier molecular flexibility index (Phi) is 3.33. The van der Waals surface area contributed by atoms with Crippen molar-refractivity contribution in [3.63, 3.8) is 0 Å². The number of carbonyl (C=O) groups is 2. The monoisotopic (exact) mass is 256 g/mol. The Labute approximate surface area is 106 Å². The molecule has 1 amide bonds. The fourth-order valence-electron chi connectivity index (χ4n) is 2.59. The molecule has 1 aliphatic carbocycles. The number of carbonyl (C=O) groups excluding carboxylic acids is 1. The summed E-state index contributed by atoms with van der Waals surface area (Å²) in [5.41, 5.74) is 5.12. The molecule has 2 aliphatic rings. The van der Waals surface area contributed by atoms with E-state index in [1.54, 1.807) is 6.92 Å². The number of nitrogens with two attached hydrogens (primary N) is 1. The standard InChI is InChI=1S/C12H20N2O4/c1-12(13,7-3-4-7)11(17)14-6-8(18-2)5-9(14)10(15)16/h7-9H,3-6,13H2,1-2H3,(H,15,16). The van der Waals surface area contributed by atoms with Gasteiger partial charge in [0.25, 0.3) is 0 Å². The number of rotatable bonds is 4. The van der Waals surface area contributed by atoms with Gasteiger partial charge in [0, 0.05) is 20.1 Å². The van der Waals surface area contributed by atoms with E-state index in [9.17, 15) is 14.7 Å². The van der Waals surface area contributed by atoms with Gasteiger partial charge >= 0.3 is 5.97 Å². The van der Waals surface area contributed by atoms with Crippen molar-refractivity contribution < 1.29 is 19.4 Å². The van der Waals surface area contributed by atoms with Gasteiger partial charge in [-0.15, -0.1) is 0 Å². The average molecular weight is 256 g/mol. The Morgan fingerprint density at radius 1 is 1.44 bits per heavy atom. The highest BCUT2D eigenvalue weighted by atomic mass is 16.5. The number of methoxy groups -OCH3 is 1. The number of hydrogen-bond donors (Lipinski definition) is 2. The molecule has 0 aromatic carbocycles. The van der Waals surface area contributed by atoms with E-state index in [0.717, 1.165) is 12.8 Å². The van der Waals surface area contributed by atoms with Gasteiger partial charge in [-0.2, -0.15) is 0 Å². The molecular formula is C12H20N2O4. The molecule has 0 aromatic rings. The first-order valence-corrected chi connectivity index (χ1v) is 6.23. The van der Waals surface area contributed by atoms with E-state index >= 15 is 0 Å². The number of carboxylic acid groups (broad SMARTS) is 1. The number of likely N-dealkylation sites (tertiary alicyclic amines) is 1. The van der Waals surface area contributed by atoms with Crippen molar-refractivity contribution >= 4 is 11.9 Å². The Morgan fingerprint density at radius 2 is 2.06 bits per heavy atom. The summed E-state index contributed by atoms with van der Waals surface area (Å²) < 4.78 is 5.16. The van der Waals surface area contributed by atoms with Crippen LogP contribution in [0.3, 0.4) is 0 Å². The van der Waals surface area contributed by atoms with Gasteiger partial charge in [-0.1, -0.05) is 0 Å². The van der Waals surface area contributed by atoms with Crippen LogP contribution in [0.2, 0.25) is 0 Å². The molecule has 3 unspecified atom stereocenters. The summed E-state index contributed by atoms with van der Waals surface area (Å²) >= 11 is 0. The first-order chi connectivity index (χ1) is 8.37. The van der Waals surface area contributed by atoms with Crippen molar-refractivity contribution in [3.05, 3.63) is 0 Å². The first-order valence-electron chi connectivity index (χ1n) is 6.23. The number of ether oxygens (including phenoxy) is 1. The number of aliphatic carboxylic acids is 1. The second-order valence-electron chi connectivity index (χ2n) is 5.46. The molecule has 18 heavy (non-hydrogen) atoms. The lowest BCUT2D eigenvalue weighted by atomic mass is 9.95.